The fourth-order valence-electron chi connectivity index (χ4n) is 2.93. The summed E-state index contributed by atoms with van der Waals surface area (Å²) in [5.41, 5.74) is -1.92. The van der Waals surface area contributed by atoms with Crippen molar-refractivity contribution in [2.45, 2.75) is 65.2 Å². The fourth-order valence-corrected chi connectivity index (χ4v) is 4.05. The van der Waals surface area contributed by atoms with Crippen molar-refractivity contribution in [1.29, 1.82) is 0 Å². The van der Waals surface area contributed by atoms with Crippen LogP contribution in [0.4, 0.5) is 0 Å². The predicted octanol–water partition coefficient (Wildman–Crippen LogP) is 2.39. The molecule has 0 bridgehead atoms. The van der Waals surface area contributed by atoms with Crippen molar-refractivity contribution in [3.63, 3.8) is 0 Å². The standard InChI is InChI=1S/C16H26BNO3S/c1-10(2)8-22-11-7-12(19)18(13(11)20)16(5,6)9-15(3,4)14(17)21/h10-11H,7-9H2,1-6H3. The molecule has 1 atom stereocenters. The number of hydrogen-bond donors (Lipinski definition) is 0. The highest BCUT2D eigenvalue weighted by Crippen LogP contribution is 2.37. The number of likely N-dealkylation sites (tertiary alicyclic amines) is 1. The van der Waals surface area contributed by atoms with Crippen LogP contribution in [-0.2, 0) is 14.4 Å². The molecule has 1 unspecified atom stereocenters. The molecule has 1 rings (SSSR count). The monoisotopic (exact) mass is 323 g/mol. The topological polar surface area (TPSA) is 54.5 Å². The Morgan fingerprint density at radius 3 is 2.32 bits per heavy atom. The first-order valence-corrected chi connectivity index (χ1v) is 8.72. The second-order valence-electron chi connectivity index (χ2n) is 7.72. The number of amides is 2. The van der Waals surface area contributed by atoms with E-state index in [1.165, 1.54) is 4.90 Å². The molecule has 0 aliphatic carbocycles. The normalized spacial score (nSPS) is 20.1. The van der Waals surface area contributed by atoms with Crippen LogP contribution in [-0.4, -0.2) is 46.8 Å². The maximum Gasteiger partial charge on any atom is 0.243 e. The van der Waals surface area contributed by atoms with Crippen LogP contribution < -0.4 is 0 Å². The molecule has 0 N–H and O–H groups in total. The molecule has 1 heterocycles. The highest BCUT2D eigenvalue weighted by Gasteiger charge is 2.48. The smallest absolute Gasteiger partial charge is 0.243 e. The number of hydrogen-bond acceptors (Lipinski definition) is 4. The van der Waals surface area contributed by atoms with Gasteiger partial charge in [-0.1, -0.05) is 27.7 Å². The van der Waals surface area contributed by atoms with Gasteiger partial charge in [-0.3, -0.25) is 14.5 Å². The Bertz CT molecular complexity index is 474. The van der Waals surface area contributed by atoms with Gasteiger partial charge in [0.25, 0.3) is 0 Å². The SMILES string of the molecule is [B]C(=O)C(C)(C)CC(C)(C)N1C(=O)CC(SCC(C)C)C1=O. The molecule has 122 valence electrons. The van der Waals surface area contributed by atoms with Crippen molar-refractivity contribution in [1.82, 2.24) is 4.90 Å². The number of nitrogens with zero attached hydrogens (tertiary/aromatic N) is 1. The van der Waals surface area contributed by atoms with Crippen LogP contribution in [0, 0.1) is 11.3 Å². The van der Waals surface area contributed by atoms with Crippen LogP contribution in [0.15, 0.2) is 0 Å². The minimum Gasteiger partial charge on any atom is -0.312 e. The molecule has 0 spiro atoms. The Morgan fingerprint density at radius 1 is 1.32 bits per heavy atom. The van der Waals surface area contributed by atoms with Gasteiger partial charge < -0.3 is 4.79 Å². The number of thioether (sulfide) groups is 1. The molecule has 0 aromatic heterocycles. The van der Waals surface area contributed by atoms with Gasteiger partial charge in [-0.25, -0.2) is 0 Å². The van der Waals surface area contributed by atoms with Gasteiger partial charge >= 0.3 is 0 Å². The summed E-state index contributed by atoms with van der Waals surface area (Å²) in [6.07, 6.45) is 0.602. The van der Waals surface area contributed by atoms with E-state index < -0.39 is 16.6 Å². The minimum absolute atomic E-state index is 0.138. The van der Waals surface area contributed by atoms with Gasteiger partial charge in [-0.15, -0.1) is 11.8 Å². The summed E-state index contributed by atoms with van der Waals surface area (Å²) in [6, 6.07) is 0. The van der Waals surface area contributed by atoms with Gasteiger partial charge in [-0.05, 0) is 31.9 Å². The van der Waals surface area contributed by atoms with Gasteiger partial charge in [-0.2, -0.15) is 0 Å². The summed E-state index contributed by atoms with van der Waals surface area (Å²) in [7, 11) is 5.42. The molecule has 22 heavy (non-hydrogen) atoms. The summed E-state index contributed by atoms with van der Waals surface area (Å²) in [4.78, 5) is 37.8. The van der Waals surface area contributed by atoms with Crippen LogP contribution >= 0.6 is 11.8 Å². The Kier molecular flexibility index (Phi) is 5.93. The van der Waals surface area contributed by atoms with E-state index in [1.54, 1.807) is 25.6 Å². The van der Waals surface area contributed by atoms with Gasteiger partial charge in [0.05, 0.1) is 10.9 Å². The van der Waals surface area contributed by atoms with Gasteiger partial charge in [0.15, 0.2) is 7.85 Å². The molecule has 1 fully saturated rings. The van der Waals surface area contributed by atoms with Crippen molar-refractivity contribution in [3.05, 3.63) is 0 Å². The zero-order valence-electron chi connectivity index (χ0n) is 14.4. The number of imide groups is 1. The molecule has 2 amide bonds. The highest BCUT2D eigenvalue weighted by atomic mass is 32.2. The third-order valence-corrected chi connectivity index (χ3v) is 5.51. The maximum atomic E-state index is 12.6. The minimum atomic E-state index is -0.771. The predicted molar refractivity (Wildman–Crippen MR) is 90.8 cm³/mol. The van der Waals surface area contributed by atoms with Gasteiger partial charge in [0.1, 0.15) is 0 Å². The lowest BCUT2D eigenvalue weighted by Crippen LogP contribution is -2.51. The third-order valence-electron chi connectivity index (χ3n) is 3.88. The number of carbonyl (C=O) groups excluding carboxylic acids is 3. The zero-order chi connectivity index (χ0) is 17.3. The summed E-state index contributed by atoms with van der Waals surface area (Å²) in [6.45, 7) is 11.3. The van der Waals surface area contributed by atoms with Crippen molar-refractivity contribution in [2.24, 2.45) is 11.3 Å². The first kappa shape index (κ1) is 19.3. The van der Waals surface area contributed by atoms with Crippen LogP contribution in [0.25, 0.3) is 0 Å². The molecule has 2 radical (unpaired) electrons. The van der Waals surface area contributed by atoms with E-state index in [0.717, 1.165) is 5.75 Å². The van der Waals surface area contributed by atoms with E-state index in [0.29, 0.717) is 12.3 Å². The van der Waals surface area contributed by atoms with E-state index in [-0.39, 0.29) is 23.5 Å². The maximum absolute atomic E-state index is 12.6. The van der Waals surface area contributed by atoms with E-state index in [1.807, 2.05) is 13.8 Å². The van der Waals surface area contributed by atoms with E-state index in [2.05, 4.69) is 13.8 Å². The first-order chi connectivity index (χ1) is 9.88. The van der Waals surface area contributed by atoms with Crippen molar-refractivity contribution in [2.75, 3.05) is 5.75 Å². The molecule has 1 aliphatic heterocycles. The van der Waals surface area contributed by atoms with Crippen molar-refractivity contribution in [3.8, 4) is 0 Å². The molecular weight excluding hydrogens is 297 g/mol. The van der Waals surface area contributed by atoms with Crippen LogP contribution in [0.2, 0.25) is 0 Å². The first-order valence-electron chi connectivity index (χ1n) is 7.67. The quantitative estimate of drug-likeness (QED) is 0.533. The summed E-state index contributed by atoms with van der Waals surface area (Å²) in [5.74, 6) is 1.03. The number of rotatable bonds is 7. The zero-order valence-corrected chi connectivity index (χ0v) is 15.3. The summed E-state index contributed by atoms with van der Waals surface area (Å²) >= 11 is 1.54. The lowest BCUT2D eigenvalue weighted by atomic mass is 9.70. The van der Waals surface area contributed by atoms with Crippen LogP contribution in [0.5, 0.6) is 0 Å². The molecule has 6 heteroatoms. The lowest BCUT2D eigenvalue weighted by molar-refractivity contribution is -0.146. The van der Waals surface area contributed by atoms with Gasteiger partial charge in [0, 0.05) is 17.4 Å². The van der Waals surface area contributed by atoms with E-state index >= 15 is 0 Å². The summed E-state index contributed by atoms with van der Waals surface area (Å²) < 4.78 is 0. The lowest BCUT2D eigenvalue weighted by Gasteiger charge is -2.39. The molecule has 4 nitrogen and oxygen atoms in total. The Morgan fingerprint density at radius 2 is 1.86 bits per heavy atom. The molecule has 0 aromatic carbocycles. The fraction of sp³-hybridized carbons (Fsp3) is 0.812. The second kappa shape index (κ2) is 6.77. The van der Waals surface area contributed by atoms with Crippen LogP contribution in [0.1, 0.15) is 54.4 Å². The highest BCUT2D eigenvalue weighted by molar-refractivity contribution is 8.00. The Balaban J connectivity index is 2.88. The molecule has 1 aliphatic rings. The molecule has 0 aromatic rings. The van der Waals surface area contributed by atoms with Crippen molar-refractivity contribution >= 4 is 37.1 Å². The van der Waals surface area contributed by atoms with E-state index in [9.17, 15) is 14.4 Å². The number of carbonyl (C=O) groups is 3. The third kappa shape index (κ3) is 4.37. The average molecular weight is 323 g/mol. The average Bonchev–Trinajstić information content (AvgIpc) is 2.60. The molecular formula is C16H26BNO3S. The van der Waals surface area contributed by atoms with Gasteiger partial charge in [0.2, 0.25) is 11.8 Å². The second-order valence-corrected chi connectivity index (χ2v) is 8.96. The van der Waals surface area contributed by atoms with Crippen LogP contribution in [0.3, 0.4) is 0 Å². The Hall–Kier alpha value is -0.775. The largest absolute Gasteiger partial charge is 0.312 e. The summed E-state index contributed by atoms with van der Waals surface area (Å²) in [5, 5.41) is -0.300. The molecule has 1 saturated heterocycles. The van der Waals surface area contributed by atoms with Crippen molar-refractivity contribution < 1.29 is 14.4 Å². The van der Waals surface area contributed by atoms with E-state index in [4.69, 9.17) is 7.85 Å². The Labute approximate surface area is 139 Å². The molecule has 0 saturated carbocycles.